The van der Waals surface area contributed by atoms with Gasteiger partial charge in [-0.1, -0.05) is 18.6 Å². The third kappa shape index (κ3) is 4.32. The van der Waals surface area contributed by atoms with Crippen LogP contribution in [-0.2, 0) is 0 Å². The van der Waals surface area contributed by atoms with Crippen molar-refractivity contribution < 1.29 is 14.6 Å². The van der Waals surface area contributed by atoms with E-state index in [0.717, 1.165) is 25.7 Å². The van der Waals surface area contributed by atoms with Gasteiger partial charge in [0, 0.05) is 12.7 Å². The molecule has 2 unspecified atom stereocenters. The Hall–Kier alpha value is -2.40. The maximum Gasteiger partial charge on any atom is 0.255 e. The first-order valence-corrected chi connectivity index (χ1v) is 8.35. The highest BCUT2D eigenvalue weighted by atomic mass is 16.5. The smallest absolute Gasteiger partial charge is 0.255 e. The van der Waals surface area contributed by atoms with E-state index >= 15 is 0 Å². The number of nitrogens with one attached hydrogen (secondary N) is 1. The SMILES string of the molecule is O=C(NCC1CCCC(O)C1)c1ccccc1Oc1cccnc1. The molecular formula is C19H22N2O3. The molecule has 2 atom stereocenters. The van der Waals surface area contributed by atoms with Gasteiger partial charge in [0.15, 0.2) is 0 Å². The number of carbonyl (C=O) groups excluding carboxylic acids is 1. The summed E-state index contributed by atoms with van der Waals surface area (Å²) in [6.07, 6.45) is 6.73. The highest BCUT2D eigenvalue weighted by Crippen LogP contribution is 2.26. The Balaban J connectivity index is 1.64. The van der Waals surface area contributed by atoms with Crippen LogP contribution in [0.2, 0.25) is 0 Å². The van der Waals surface area contributed by atoms with Crippen LogP contribution in [-0.4, -0.2) is 28.6 Å². The molecule has 0 saturated heterocycles. The van der Waals surface area contributed by atoms with E-state index in [4.69, 9.17) is 4.74 Å². The molecule has 5 nitrogen and oxygen atoms in total. The molecule has 1 amide bonds. The number of benzene rings is 1. The van der Waals surface area contributed by atoms with Crippen molar-refractivity contribution in [2.75, 3.05) is 6.54 Å². The number of pyridine rings is 1. The predicted octanol–water partition coefficient (Wildman–Crippen LogP) is 3.15. The van der Waals surface area contributed by atoms with E-state index in [-0.39, 0.29) is 12.0 Å². The number of nitrogens with zero attached hydrogens (tertiary/aromatic N) is 1. The molecule has 2 aromatic rings. The molecule has 5 heteroatoms. The Morgan fingerprint density at radius 1 is 1.25 bits per heavy atom. The zero-order valence-electron chi connectivity index (χ0n) is 13.5. The molecule has 1 fully saturated rings. The molecule has 1 saturated carbocycles. The summed E-state index contributed by atoms with van der Waals surface area (Å²) < 4.78 is 5.78. The fourth-order valence-electron chi connectivity index (χ4n) is 3.06. The van der Waals surface area contributed by atoms with E-state index in [0.29, 0.717) is 29.5 Å². The van der Waals surface area contributed by atoms with Crippen molar-refractivity contribution in [3.05, 3.63) is 54.4 Å². The highest BCUT2D eigenvalue weighted by Gasteiger charge is 2.21. The van der Waals surface area contributed by atoms with Crippen molar-refractivity contribution in [3.63, 3.8) is 0 Å². The summed E-state index contributed by atoms with van der Waals surface area (Å²) in [5, 5.41) is 12.7. The largest absolute Gasteiger partial charge is 0.455 e. The van der Waals surface area contributed by atoms with Gasteiger partial charge in [-0.15, -0.1) is 0 Å². The van der Waals surface area contributed by atoms with Crippen LogP contribution in [0.3, 0.4) is 0 Å². The van der Waals surface area contributed by atoms with Crippen LogP contribution in [0, 0.1) is 5.92 Å². The van der Waals surface area contributed by atoms with Crippen LogP contribution in [0.5, 0.6) is 11.5 Å². The predicted molar refractivity (Wildman–Crippen MR) is 91.1 cm³/mol. The molecule has 0 spiro atoms. The van der Waals surface area contributed by atoms with Crippen LogP contribution in [0.15, 0.2) is 48.8 Å². The van der Waals surface area contributed by atoms with Crippen molar-refractivity contribution in [2.45, 2.75) is 31.8 Å². The van der Waals surface area contributed by atoms with Crippen LogP contribution in [0.25, 0.3) is 0 Å². The van der Waals surface area contributed by atoms with Crippen molar-refractivity contribution >= 4 is 5.91 Å². The molecule has 1 heterocycles. The molecule has 0 radical (unpaired) electrons. The zero-order chi connectivity index (χ0) is 16.8. The number of rotatable bonds is 5. The van der Waals surface area contributed by atoms with Gasteiger partial charge in [0.25, 0.3) is 5.91 Å². The molecule has 24 heavy (non-hydrogen) atoms. The summed E-state index contributed by atoms with van der Waals surface area (Å²) in [4.78, 5) is 16.5. The van der Waals surface area contributed by atoms with Gasteiger partial charge in [-0.25, -0.2) is 0 Å². The molecule has 2 N–H and O–H groups in total. The van der Waals surface area contributed by atoms with Gasteiger partial charge in [-0.05, 0) is 49.4 Å². The standard InChI is InChI=1S/C19H22N2O3/c22-15-6-3-5-14(11-15)12-21-19(23)17-8-1-2-9-18(17)24-16-7-4-10-20-13-16/h1-2,4,7-10,13-15,22H,3,5-6,11-12H2,(H,21,23). The van der Waals surface area contributed by atoms with E-state index in [9.17, 15) is 9.90 Å². The maximum absolute atomic E-state index is 12.5. The number of para-hydroxylation sites is 1. The molecular weight excluding hydrogens is 304 g/mol. The zero-order valence-corrected chi connectivity index (χ0v) is 13.5. The topological polar surface area (TPSA) is 71.5 Å². The molecule has 3 rings (SSSR count). The number of hydrogen-bond donors (Lipinski definition) is 2. The van der Waals surface area contributed by atoms with Crippen LogP contribution >= 0.6 is 0 Å². The molecule has 1 aliphatic rings. The fourth-order valence-corrected chi connectivity index (χ4v) is 3.06. The van der Waals surface area contributed by atoms with Gasteiger partial charge >= 0.3 is 0 Å². The average molecular weight is 326 g/mol. The van der Waals surface area contributed by atoms with Gasteiger partial charge in [0.05, 0.1) is 17.9 Å². The lowest BCUT2D eigenvalue weighted by Gasteiger charge is -2.26. The average Bonchev–Trinajstić information content (AvgIpc) is 2.61. The summed E-state index contributed by atoms with van der Waals surface area (Å²) >= 11 is 0. The first-order chi connectivity index (χ1) is 11.7. The molecule has 1 aromatic carbocycles. The van der Waals surface area contributed by atoms with Crippen molar-refractivity contribution in [1.29, 1.82) is 0 Å². The second kappa shape index (κ2) is 7.93. The number of aliphatic hydroxyl groups excluding tert-OH is 1. The normalized spacial score (nSPS) is 20.4. The van der Waals surface area contributed by atoms with Gasteiger partial charge in [-0.3, -0.25) is 9.78 Å². The number of aromatic nitrogens is 1. The van der Waals surface area contributed by atoms with Crippen molar-refractivity contribution in [2.24, 2.45) is 5.92 Å². The number of aliphatic hydroxyl groups is 1. The summed E-state index contributed by atoms with van der Waals surface area (Å²) in [6.45, 7) is 0.580. The molecule has 126 valence electrons. The van der Waals surface area contributed by atoms with Crippen LogP contribution < -0.4 is 10.1 Å². The third-order valence-electron chi connectivity index (χ3n) is 4.30. The van der Waals surface area contributed by atoms with E-state index in [1.165, 1.54) is 0 Å². The first-order valence-electron chi connectivity index (χ1n) is 8.35. The number of hydrogen-bond acceptors (Lipinski definition) is 4. The first kappa shape index (κ1) is 16.5. The Morgan fingerprint density at radius 3 is 2.92 bits per heavy atom. The van der Waals surface area contributed by atoms with Crippen molar-refractivity contribution in [3.8, 4) is 11.5 Å². The lowest BCUT2D eigenvalue weighted by atomic mass is 9.87. The second-order valence-corrected chi connectivity index (χ2v) is 6.18. The Bertz CT molecular complexity index is 675. The summed E-state index contributed by atoms with van der Waals surface area (Å²) in [5.41, 5.74) is 0.498. The lowest BCUT2D eigenvalue weighted by Crippen LogP contribution is -2.33. The minimum Gasteiger partial charge on any atom is -0.455 e. The van der Waals surface area contributed by atoms with Gasteiger partial charge in [-0.2, -0.15) is 0 Å². The summed E-state index contributed by atoms with van der Waals surface area (Å²) in [6, 6.07) is 10.7. The summed E-state index contributed by atoms with van der Waals surface area (Å²) in [5.74, 6) is 1.28. The van der Waals surface area contributed by atoms with E-state index in [1.807, 2.05) is 12.1 Å². The molecule has 0 aliphatic heterocycles. The molecule has 0 bridgehead atoms. The summed E-state index contributed by atoms with van der Waals surface area (Å²) in [7, 11) is 0. The van der Waals surface area contributed by atoms with Gasteiger partial charge < -0.3 is 15.2 Å². The van der Waals surface area contributed by atoms with Crippen LogP contribution in [0.4, 0.5) is 0 Å². The number of amides is 1. The Morgan fingerprint density at radius 2 is 2.12 bits per heavy atom. The van der Waals surface area contributed by atoms with Crippen molar-refractivity contribution in [1.82, 2.24) is 10.3 Å². The van der Waals surface area contributed by atoms with Crippen LogP contribution in [0.1, 0.15) is 36.0 Å². The lowest BCUT2D eigenvalue weighted by molar-refractivity contribution is 0.0872. The minimum atomic E-state index is -0.234. The quantitative estimate of drug-likeness (QED) is 0.885. The maximum atomic E-state index is 12.5. The van der Waals surface area contributed by atoms with E-state index in [2.05, 4.69) is 10.3 Å². The van der Waals surface area contributed by atoms with E-state index < -0.39 is 0 Å². The number of carbonyl (C=O) groups is 1. The Kier molecular flexibility index (Phi) is 5.43. The van der Waals surface area contributed by atoms with E-state index in [1.54, 1.807) is 36.7 Å². The van der Waals surface area contributed by atoms with Gasteiger partial charge in [0.1, 0.15) is 11.5 Å². The third-order valence-corrected chi connectivity index (χ3v) is 4.30. The van der Waals surface area contributed by atoms with Gasteiger partial charge in [0.2, 0.25) is 0 Å². The Labute approximate surface area is 141 Å². The second-order valence-electron chi connectivity index (χ2n) is 6.18. The molecule has 1 aliphatic carbocycles. The minimum absolute atomic E-state index is 0.158. The monoisotopic (exact) mass is 326 g/mol. The molecule has 1 aromatic heterocycles. The number of ether oxygens (including phenoxy) is 1. The fraction of sp³-hybridized carbons (Fsp3) is 0.368. The highest BCUT2D eigenvalue weighted by molar-refractivity contribution is 5.97.